The van der Waals surface area contributed by atoms with E-state index in [9.17, 15) is 4.39 Å². The van der Waals surface area contributed by atoms with E-state index in [1.807, 2.05) is 0 Å². The summed E-state index contributed by atoms with van der Waals surface area (Å²) in [6.45, 7) is 3.64. The molecule has 0 N–H and O–H groups in total. The number of benzene rings is 1. The summed E-state index contributed by atoms with van der Waals surface area (Å²) in [4.78, 5) is 4.57. The van der Waals surface area contributed by atoms with Crippen molar-refractivity contribution in [1.29, 1.82) is 0 Å². The van der Waals surface area contributed by atoms with E-state index < -0.39 is 0 Å². The number of fused-ring (bicyclic) bond motifs is 1. The topological polar surface area (TPSA) is 27.1 Å². The van der Waals surface area contributed by atoms with Gasteiger partial charge in [0, 0.05) is 25.0 Å². The lowest BCUT2D eigenvalue weighted by atomic mass is 9.94. The van der Waals surface area contributed by atoms with Gasteiger partial charge in [-0.25, -0.2) is 9.37 Å². The predicted molar refractivity (Wildman–Crippen MR) is 77.8 cm³/mol. The second-order valence-corrected chi connectivity index (χ2v) is 5.97. The largest absolute Gasteiger partial charge is 0.379 e. The summed E-state index contributed by atoms with van der Waals surface area (Å²) in [6.07, 6.45) is 2.73. The highest BCUT2D eigenvalue weighted by atomic mass is 35.5. The molecule has 0 bridgehead atoms. The lowest BCUT2D eigenvalue weighted by Crippen LogP contribution is -2.40. The zero-order chi connectivity index (χ0) is 14.2. The first-order chi connectivity index (χ1) is 9.64. The Bertz CT molecular complexity index is 620. The average molecular weight is 297 g/mol. The van der Waals surface area contributed by atoms with E-state index in [0.717, 1.165) is 30.8 Å². The first-order valence-electron chi connectivity index (χ1n) is 6.95. The number of aromatic nitrogens is 2. The van der Waals surface area contributed by atoms with Crippen molar-refractivity contribution in [2.45, 2.75) is 31.7 Å². The van der Waals surface area contributed by atoms with E-state index in [4.69, 9.17) is 16.3 Å². The van der Waals surface area contributed by atoms with Gasteiger partial charge in [-0.05, 0) is 31.9 Å². The highest BCUT2D eigenvalue weighted by Crippen LogP contribution is 2.32. The van der Waals surface area contributed by atoms with Gasteiger partial charge in [-0.3, -0.25) is 0 Å². The minimum atomic E-state index is -0.260. The summed E-state index contributed by atoms with van der Waals surface area (Å²) in [7, 11) is 0. The Kier molecular flexibility index (Phi) is 3.69. The first kappa shape index (κ1) is 13.8. The number of imidazole rings is 1. The van der Waals surface area contributed by atoms with Crippen LogP contribution in [-0.4, -0.2) is 28.6 Å². The van der Waals surface area contributed by atoms with E-state index >= 15 is 0 Å². The molecule has 5 heteroatoms. The molecule has 108 valence electrons. The Hall–Kier alpha value is -1.13. The van der Waals surface area contributed by atoms with Crippen molar-refractivity contribution < 1.29 is 9.13 Å². The van der Waals surface area contributed by atoms with E-state index in [-0.39, 0.29) is 11.4 Å². The van der Waals surface area contributed by atoms with Crippen LogP contribution in [0.2, 0.25) is 0 Å². The standard InChI is InChI=1S/C15H18ClFN2O/c1-15(6-2-8-20-10-15)19-13-4-3-11(17)9-12(13)18-14(19)5-7-16/h3-4,9H,2,5-8,10H2,1H3. The molecule has 3 rings (SSSR count). The van der Waals surface area contributed by atoms with Crippen molar-refractivity contribution in [3.05, 3.63) is 29.8 Å². The molecule has 1 aliphatic rings. The van der Waals surface area contributed by atoms with Crippen LogP contribution in [0.25, 0.3) is 11.0 Å². The number of aryl methyl sites for hydroxylation is 1. The average Bonchev–Trinajstić information content (AvgIpc) is 2.77. The molecule has 1 unspecified atom stereocenters. The van der Waals surface area contributed by atoms with Crippen molar-refractivity contribution in [2.75, 3.05) is 19.1 Å². The summed E-state index contributed by atoms with van der Waals surface area (Å²) >= 11 is 5.89. The normalized spacial score (nSPS) is 23.4. The molecule has 20 heavy (non-hydrogen) atoms. The van der Waals surface area contributed by atoms with Gasteiger partial charge in [0.25, 0.3) is 0 Å². The maximum absolute atomic E-state index is 13.4. The number of hydrogen-bond donors (Lipinski definition) is 0. The second kappa shape index (κ2) is 5.34. The van der Waals surface area contributed by atoms with Crippen molar-refractivity contribution in [3.8, 4) is 0 Å². The van der Waals surface area contributed by atoms with Gasteiger partial charge in [0.2, 0.25) is 0 Å². The van der Waals surface area contributed by atoms with E-state index in [1.54, 1.807) is 6.07 Å². The number of alkyl halides is 1. The molecule has 1 saturated heterocycles. The van der Waals surface area contributed by atoms with E-state index in [0.29, 0.717) is 24.4 Å². The third-order valence-electron chi connectivity index (χ3n) is 3.96. The fourth-order valence-electron chi connectivity index (χ4n) is 3.05. The van der Waals surface area contributed by atoms with Crippen molar-refractivity contribution in [2.24, 2.45) is 0 Å². The molecule has 1 aliphatic heterocycles. The fraction of sp³-hybridized carbons (Fsp3) is 0.533. The predicted octanol–water partition coefficient (Wildman–Crippen LogP) is 3.48. The molecular formula is C15H18ClFN2O. The van der Waals surface area contributed by atoms with E-state index in [2.05, 4.69) is 16.5 Å². The third kappa shape index (κ3) is 2.31. The van der Waals surface area contributed by atoms with Gasteiger partial charge in [-0.1, -0.05) is 0 Å². The second-order valence-electron chi connectivity index (χ2n) is 5.59. The minimum Gasteiger partial charge on any atom is -0.379 e. The van der Waals surface area contributed by atoms with Crippen LogP contribution in [0.1, 0.15) is 25.6 Å². The summed E-state index contributed by atoms with van der Waals surface area (Å²) < 4.78 is 21.3. The molecule has 1 atom stereocenters. The van der Waals surface area contributed by atoms with E-state index in [1.165, 1.54) is 12.1 Å². The highest BCUT2D eigenvalue weighted by molar-refractivity contribution is 6.17. The maximum atomic E-state index is 13.4. The number of ether oxygens (including phenoxy) is 1. The fourth-order valence-corrected chi connectivity index (χ4v) is 3.22. The van der Waals surface area contributed by atoms with Gasteiger partial charge in [0.1, 0.15) is 11.6 Å². The number of halogens is 2. The van der Waals surface area contributed by atoms with Gasteiger partial charge in [-0.15, -0.1) is 11.6 Å². The SMILES string of the molecule is CC1(n2c(CCCl)nc3cc(F)ccc32)CCCOC1. The Labute approximate surface area is 122 Å². The Morgan fingerprint density at radius 1 is 1.50 bits per heavy atom. The highest BCUT2D eigenvalue weighted by Gasteiger charge is 2.33. The Balaban J connectivity index is 2.17. The first-order valence-corrected chi connectivity index (χ1v) is 7.48. The zero-order valence-corrected chi connectivity index (χ0v) is 12.3. The molecule has 0 aliphatic carbocycles. The summed E-state index contributed by atoms with van der Waals surface area (Å²) in [5.41, 5.74) is 1.52. The van der Waals surface area contributed by atoms with Crippen LogP contribution >= 0.6 is 11.6 Å². The van der Waals surface area contributed by atoms with Crippen LogP contribution in [0.4, 0.5) is 4.39 Å². The van der Waals surface area contributed by atoms with Crippen LogP contribution in [0.5, 0.6) is 0 Å². The Morgan fingerprint density at radius 2 is 2.35 bits per heavy atom. The summed E-state index contributed by atoms with van der Waals surface area (Å²) in [5.74, 6) is 1.15. The number of rotatable bonds is 3. The molecule has 2 heterocycles. The lowest BCUT2D eigenvalue weighted by molar-refractivity contribution is 0.0102. The molecule has 0 radical (unpaired) electrons. The Morgan fingerprint density at radius 3 is 3.05 bits per heavy atom. The zero-order valence-electron chi connectivity index (χ0n) is 11.5. The monoisotopic (exact) mass is 296 g/mol. The molecule has 0 spiro atoms. The minimum absolute atomic E-state index is 0.133. The smallest absolute Gasteiger partial charge is 0.125 e. The van der Waals surface area contributed by atoms with Crippen molar-refractivity contribution in [1.82, 2.24) is 9.55 Å². The molecule has 2 aromatic rings. The molecule has 1 fully saturated rings. The molecule has 1 aromatic carbocycles. The van der Waals surface area contributed by atoms with Crippen molar-refractivity contribution >= 4 is 22.6 Å². The van der Waals surface area contributed by atoms with Crippen LogP contribution in [0.15, 0.2) is 18.2 Å². The van der Waals surface area contributed by atoms with Gasteiger partial charge >= 0.3 is 0 Å². The van der Waals surface area contributed by atoms with Gasteiger partial charge in [-0.2, -0.15) is 0 Å². The maximum Gasteiger partial charge on any atom is 0.125 e. The van der Waals surface area contributed by atoms with Crippen LogP contribution < -0.4 is 0 Å². The molecule has 3 nitrogen and oxygen atoms in total. The quantitative estimate of drug-likeness (QED) is 0.811. The summed E-state index contributed by atoms with van der Waals surface area (Å²) in [6, 6.07) is 4.77. The summed E-state index contributed by atoms with van der Waals surface area (Å²) in [5, 5.41) is 0. The molecular weight excluding hydrogens is 279 g/mol. The van der Waals surface area contributed by atoms with Crippen LogP contribution in [-0.2, 0) is 16.7 Å². The van der Waals surface area contributed by atoms with Crippen molar-refractivity contribution in [3.63, 3.8) is 0 Å². The van der Waals surface area contributed by atoms with Crippen LogP contribution in [0, 0.1) is 5.82 Å². The molecule has 0 amide bonds. The number of nitrogens with zero attached hydrogens (tertiary/aromatic N) is 2. The number of hydrogen-bond acceptors (Lipinski definition) is 2. The molecule has 0 saturated carbocycles. The third-order valence-corrected chi connectivity index (χ3v) is 4.15. The lowest BCUT2D eigenvalue weighted by Gasteiger charge is -2.36. The van der Waals surface area contributed by atoms with Gasteiger partial charge in [0.05, 0.1) is 23.2 Å². The van der Waals surface area contributed by atoms with Crippen LogP contribution in [0.3, 0.4) is 0 Å². The van der Waals surface area contributed by atoms with Gasteiger partial charge < -0.3 is 9.30 Å². The van der Waals surface area contributed by atoms with Gasteiger partial charge in [0.15, 0.2) is 0 Å². The molecule has 1 aromatic heterocycles.